The number of hydrogen-bond acceptors (Lipinski definition) is 4. The molecular weight excluding hydrogens is 246 g/mol. The fourth-order valence-corrected chi connectivity index (χ4v) is 2.23. The molecule has 0 aliphatic heterocycles. The highest BCUT2D eigenvalue weighted by molar-refractivity contribution is 5.32. The zero-order valence-electron chi connectivity index (χ0n) is 10.8. The summed E-state index contributed by atoms with van der Waals surface area (Å²) >= 11 is 0. The first-order valence-corrected chi connectivity index (χ1v) is 6.43. The average Bonchev–Trinajstić information content (AvgIpc) is 2.39. The predicted molar refractivity (Wildman–Crippen MR) is 71.9 cm³/mol. The normalized spacial score (nSPS) is 22.2. The van der Waals surface area contributed by atoms with E-state index >= 15 is 0 Å². The van der Waals surface area contributed by atoms with E-state index in [9.17, 15) is 5.11 Å². The maximum Gasteiger partial charge on any atom is 0.290 e. The molecule has 0 unspecified atom stereocenters. The van der Waals surface area contributed by atoms with Gasteiger partial charge in [-0.3, -0.25) is 4.79 Å². The molecule has 0 radical (unpaired) electrons. The molecule has 0 amide bonds. The number of aliphatic hydroxyl groups excluding tert-OH is 1. The molecule has 19 heavy (non-hydrogen) atoms. The van der Waals surface area contributed by atoms with Crippen molar-refractivity contribution >= 4 is 6.47 Å². The summed E-state index contributed by atoms with van der Waals surface area (Å²) < 4.78 is 0. The number of phenols is 1. The van der Waals surface area contributed by atoms with Crippen molar-refractivity contribution in [1.82, 2.24) is 5.32 Å². The molecule has 0 spiro atoms. The van der Waals surface area contributed by atoms with Crippen LogP contribution in [0.1, 0.15) is 31.2 Å². The predicted octanol–water partition coefficient (Wildman–Crippen LogP) is 1.49. The highest BCUT2D eigenvalue weighted by atomic mass is 16.3. The minimum absolute atomic E-state index is 0.133. The standard InChI is InChI=1S/C13H19NO2.CH2O2/c15-12-6-4-10(5-7-12)9-14-11-2-1-3-13(16)8-11;2-1-3/h4-7,11,13-16H,1-3,8-9H2;1H,(H,2,3)/t11-,13+;/m0./s1. The second-order valence-corrected chi connectivity index (χ2v) is 4.67. The van der Waals surface area contributed by atoms with Crippen molar-refractivity contribution in [1.29, 1.82) is 0 Å². The Hall–Kier alpha value is -1.59. The number of aromatic hydroxyl groups is 1. The van der Waals surface area contributed by atoms with Crippen molar-refractivity contribution in [3.63, 3.8) is 0 Å². The molecule has 1 aromatic rings. The van der Waals surface area contributed by atoms with Crippen molar-refractivity contribution in [3.8, 4) is 5.75 Å². The summed E-state index contributed by atoms with van der Waals surface area (Å²) in [5.74, 6) is 0.303. The van der Waals surface area contributed by atoms with E-state index in [2.05, 4.69) is 5.32 Å². The van der Waals surface area contributed by atoms with E-state index < -0.39 is 0 Å². The molecule has 106 valence electrons. The average molecular weight is 267 g/mol. The van der Waals surface area contributed by atoms with Gasteiger partial charge in [0.1, 0.15) is 5.75 Å². The fourth-order valence-electron chi connectivity index (χ4n) is 2.23. The van der Waals surface area contributed by atoms with Gasteiger partial charge < -0.3 is 20.6 Å². The van der Waals surface area contributed by atoms with E-state index in [-0.39, 0.29) is 12.6 Å². The van der Waals surface area contributed by atoms with Crippen LogP contribution in [0.5, 0.6) is 5.75 Å². The van der Waals surface area contributed by atoms with Crippen LogP contribution in [0.25, 0.3) is 0 Å². The minimum Gasteiger partial charge on any atom is -0.508 e. The molecule has 2 rings (SSSR count). The van der Waals surface area contributed by atoms with Crippen molar-refractivity contribution in [2.45, 2.75) is 44.4 Å². The Labute approximate surface area is 112 Å². The molecular formula is C14H21NO4. The van der Waals surface area contributed by atoms with E-state index in [1.165, 1.54) is 0 Å². The quantitative estimate of drug-likeness (QED) is 0.623. The third-order valence-corrected chi connectivity index (χ3v) is 3.18. The largest absolute Gasteiger partial charge is 0.508 e. The van der Waals surface area contributed by atoms with Crippen molar-refractivity contribution in [3.05, 3.63) is 29.8 Å². The Bertz CT molecular complexity index is 366. The molecule has 0 saturated heterocycles. The second-order valence-electron chi connectivity index (χ2n) is 4.67. The lowest BCUT2D eigenvalue weighted by atomic mass is 9.93. The zero-order chi connectivity index (χ0) is 14.1. The van der Waals surface area contributed by atoms with Crippen LogP contribution >= 0.6 is 0 Å². The number of carboxylic acid groups (broad SMARTS) is 1. The molecule has 5 nitrogen and oxygen atoms in total. The number of aliphatic hydroxyl groups is 1. The molecule has 0 bridgehead atoms. The van der Waals surface area contributed by atoms with Gasteiger partial charge in [-0.2, -0.15) is 0 Å². The Kier molecular flexibility index (Phi) is 6.92. The van der Waals surface area contributed by atoms with Gasteiger partial charge in [-0.15, -0.1) is 0 Å². The summed E-state index contributed by atoms with van der Waals surface area (Å²) in [4.78, 5) is 8.36. The lowest BCUT2D eigenvalue weighted by Gasteiger charge is -2.26. The van der Waals surface area contributed by atoms with E-state index in [0.29, 0.717) is 11.8 Å². The summed E-state index contributed by atoms with van der Waals surface area (Å²) in [5.41, 5.74) is 1.16. The molecule has 2 atom stereocenters. The van der Waals surface area contributed by atoms with E-state index in [1.807, 2.05) is 12.1 Å². The van der Waals surface area contributed by atoms with Gasteiger partial charge in [0.15, 0.2) is 0 Å². The smallest absolute Gasteiger partial charge is 0.290 e. The first-order chi connectivity index (χ1) is 9.15. The van der Waals surface area contributed by atoms with Gasteiger partial charge >= 0.3 is 0 Å². The van der Waals surface area contributed by atoms with Crippen LogP contribution < -0.4 is 5.32 Å². The highest BCUT2D eigenvalue weighted by Gasteiger charge is 2.19. The maximum atomic E-state index is 9.54. The van der Waals surface area contributed by atoms with E-state index in [1.54, 1.807) is 12.1 Å². The zero-order valence-corrected chi connectivity index (χ0v) is 10.8. The molecule has 1 aromatic carbocycles. The minimum atomic E-state index is -0.250. The lowest BCUT2D eigenvalue weighted by Crippen LogP contribution is -2.35. The summed E-state index contributed by atoms with van der Waals surface area (Å²) in [5, 5.41) is 29.0. The molecule has 0 heterocycles. The summed E-state index contributed by atoms with van der Waals surface area (Å²) in [7, 11) is 0. The van der Waals surface area contributed by atoms with Crippen LogP contribution in [0.15, 0.2) is 24.3 Å². The molecule has 4 N–H and O–H groups in total. The molecule has 1 aliphatic rings. The maximum absolute atomic E-state index is 9.54. The highest BCUT2D eigenvalue weighted by Crippen LogP contribution is 2.19. The van der Waals surface area contributed by atoms with Gasteiger partial charge in [-0.05, 0) is 43.4 Å². The summed E-state index contributed by atoms with van der Waals surface area (Å²) in [6.07, 6.45) is 3.92. The van der Waals surface area contributed by atoms with Gasteiger partial charge in [0.25, 0.3) is 6.47 Å². The van der Waals surface area contributed by atoms with Crippen molar-refractivity contribution in [2.24, 2.45) is 0 Å². The van der Waals surface area contributed by atoms with Crippen LogP contribution in [0.3, 0.4) is 0 Å². The van der Waals surface area contributed by atoms with Gasteiger partial charge in [0.2, 0.25) is 0 Å². The summed E-state index contributed by atoms with van der Waals surface area (Å²) in [6.45, 7) is 0.553. The molecule has 0 aromatic heterocycles. The van der Waals surface area contributed by atoms with Crippen LogP contribution in [0.4, 0.5) is 0 Å². The van der Waals surface area contributed by atoms with Gasteiger partial charge in [-0.1, -0.05) is 12.1 Å². The Morgan fingerprint density at radius 3 is 2.47 bits per heavy atom. The van der Waals surface area contributed by atoms with E-state index in [0.717, 1.165) is 37.8 Å². The first-order valence-electron chi connectivity index (χ1n) is 6.43. The SMILES string of the molecule is O=CO.Oc1ccc(CN[C@H]2CCC[C@@H](O)C2)cc1. The van der Waals surface area contributed by atoms with Crippen molar-refractivity contribution < 1.29 is 20.1 Å². The third kappa shape index (κ3) is 6.22. The van der Waals surface area contributed by atoms with Gasteiger partial charge in [0.05, 0.1) is 6.10 Å². The lowest BCUT2D eigenvalue weighted by molar-refractivity contribution is -0.122. The third-order valence-electron chi connectivity index (χ3n) is 3.18. The van der Waals surface area contributed by atoms with Crippen LogP contribution in [0, 0.1) is 0 Å². The molecule has 1 aliphatic carbocycles. The van der Waals surface area contributed by atoms with Crippen LogP contribution in [-0.2, 0) is 11.3 Å². The Morgan fingerprint density at radius 1 is 1.26 bits per heavy atom. The fraction of sp³-hybridized carbons (Fsp3) is 0.500. The molecule has 1 fully saturated rings. The number of carbonyl (C=O) groups is 1. The van der Waals surface area contributed by atoms with Crippen molar-refractivity contribution in [2.75, 3.05) is 0 Å². The topological polar surface area (TPSA) is 89.8 Å². The Balaban J connectivity index is 0.000000550. The van der Waals surface area contributed by atoms with Crippen LogP contribution in [0.2, 0.25) is 0 Å². The number of nitrogens with one attached hydrogen (secondary N) is 1. The van der Waals surface area contributed by atoms with Gasteiger partial charge in [-0.25, -0.2) is 0 Å². The number of phenolic OH excluding ortho intramolecular Hbond substituents is 1. The molecule has 5 heteroatoms. The molecule has 1 saturated carbocycles. The second kappa shape index (κ2) is 8.50. The van der Waals surface area contributed by atoms with Crippen LogP contribution in [-0.4, -0.2) is 33.9 Å². The summed E-state index contributed by atoms with van der Waals surface area (Å²) in [6, 6.07) is 7.67. The van der Waals surface area contributed by atoms with E-state index in [4.69, 9.17) is 15.0 Å². The number of benzene rings is 1. The monoisotopic (exact) mass is 267 g/mol. The number of rotatable bonds is 3. The van der Waals surface area contributed by atoms with Gasteiger partial charge in [0, 0.05) is 12.6 Å². The number of hydrogen-bond donors (Lipinski definition) is 4. The first kappa shape index (κ1) is 15.5. The Morgan fingerprint density at radius 2 is 1.89 bits per heavy atom.